The Hall–Kier alpha value is -1.45. The number of fused-ring (bicyclic) bond motifs is 5. The van der Waals surface area contributed by atoms with Gasteiger partial charge >= 0.3 is 0 Å². The molecule has 0 N–H and O–H groups in total. The predicted octanol–water partition coefficient (Wildman–Crippen LogP) is 6.01. The van der Waals surface area contributed by atoms with Crippen molar-refractivity contribution in [1.82, 2.24) is 10.0 Å². The second-order valence-corrected chi connectivity index (χ2v) is 12.9. The molecule has 2 saturated carbocycles. The van der Waals surface area contributed by atoms with E-state index in [0.717, 1.165) is 16.4 Å². The molecule has 2 aliphatic carbocycles. The maximum atomic E-state index is 14.0. The molecular formula is C26H21Br2Cl3N2O4. The largest absolute Gasteiger partial charge is 0.292 e. The van der Waals surface area contributed by atoms with Gasteiger partial charge in [-0.05, 0) is 73.2 Å². The quantitative estimate of drug-likeness (QED) is 0.203. The number of hydrazine groups is 1. The fourth-order valence-corrected chi connectivity index (χ4v) is 8.25. The summed E-state index contributed by atoms with van der Waals surface area (Å²) in [7, 11) is 0. The second kappa shape index (κ2) is 10.6. The number of amides is 3. The number of benzene rings is 2. The number of hydrogen-bond donors (Lipinski definition) is 0. The Morgan fingerprint density at radius 2 is 1.32 bits per heavy atom. The van der Waals surface area contributed by atoms with Crippen molar-refractivity contribution in [2.24, 2.45) is 23.7 Å². The molecule has 0 spiro atoms. The Morgan fingerprint density at radius 3 is 1.78 bits per heavy atom. The number of carbonyl (C=O) groups excluding carboxylic acids is 4. The molecule has 194 valence electrons. The van der Waals surface area contributed by atoms with E-state index in [4.69, 9.17) is 34.8 Å². The summed E-state index contributed by atoms with van der Waals surface area (Å²) in [5.74, 6) is -3.22. The first-order chi connectivity index (χ1) is 17.6. The van der Waals surface area contributed by atoms with Crippen LogP contribution in [-0.4, -0.2) is 55.1 Å². The Morgan fingerprint density at radius 1 is 0.865 bits per heavy atom. The molecule has 0 aromatic heterocycles. The van der Waals surface area contributed by atoms with Crippen molar-refractivity contribution in [3.05, 3.63) is 69.7 Å². The van der Waals surface area contributed by atoms with Crippen LogP contribution < -0.4 is 0 Å². The summed E-state index contributed by atoms with van der Waals surface area (Å²) in [6.45, 7) is 0. The lowest BCUT2D eigenvalue weighted by atomic mass is 9.81. The van der Waals surface area contributed by atoms with Crippen LogP contribution in [0.2, 0.25) is 10.0 Å². The van der Waals surface area contributed by atoms with Crippen LogP contribution in [-0.2, 0) is 9.59 Å². The number of ketones is 1. The van der Waals surface area contributed by atoms with E-state index in [9.17, 15) is 19.2 Å². The highest BCUT2D eigenvalue weighted by Crippen LogP contribution is 2.60. The van der Waals surface area contributed by atoms with Gasteiger partial charge in [-0.25, -0.2) is 5.01 Å². The zero-order chi connectivity index (χ0) is 26.6. The number of imide groups is 1. The Labute approximate surface area is 245 Å². The number of alkyl halides is 3. The molecule has 7 atom stereocenters. The topological polar surface area (TPSA) is 74.8 Å². The second-order valence-electron chi connectivity index (χ2n) is 9.51. The smallest absolute Gasteiger partial charge is 0.273 e. The van der Waals surface area contributed by atoms with Crippen molar-refractivity contribution in [3.63, 3.8) is 0 Å². The number of Topliss-reactive ketones (excluding diaryl/α,β-unsaturated/α-hetero) is 1. The maximum Gasteiger partial charge on any atom is 0.273 e. The molecule has 3 aliphatic rings. The van der Waals surface area contributed by atoms with E-state index in [-0.39, 0.29) is 44.9 Å². The minimum atomic E-state index is -1.19. The van der Waals surface area contributed by atoms with Gasteiger partial charge in [-0.3, -0.25) is 19.2 Å². The van der Waals surface area contributed by atoms with Crippen LogP contribution in [0.25, 0.3) is 0 Å². The Bertz CT molecular complexity index is 1230. The lowest BCUT2D eigenvalue weighted by Crippen LogP contribution is -2.58. The van der Waals surface area contributed by atoms with E-state index in [0.29, 0.717) is 10.0 Å². The normalized spacial score (nSPS) is 28.9. The van der Waals surface area contributed by atoms with Crippen LogP contribution >= 0.6 is 66.7 Å². The number of halogens is 5. The lowest BCUT2D eigenvalue weighted by molar-refractivity contribution is -0.157. The minimum Gasteiger partial charge on any atom is -0.292 e. The average Bonchev–Trinajstić information content (AvgIpc) is 3.49. The van der Waals surface area contributed by atoms with Crippen molar-refractivity contribution in [1.29, 1.82) is 0 Å². The van der Waals surface area contributed by atoms with E-state index in [1.165, 1.54) is 24.3 Å². The van der Waals surface area contributed by atoms with Crippen LogP contribution in [0.4, 0.5) is 0 Å². The molecule has 3 amide bonds. The molecular weight excluding hydrogens is 670 g/mol. The van der Waals surface area contributed by atoms with Gasteiger partial charge in [0.2, 0.25) is 0 Å². The van der Waals surface area contributed by atoms with Crippen LogP contribution in [0.5, 0.6) is 0 Å². The van der Waals surface area contributed by atoms with Gasteiger partial charge < -0.3 is 0 Å². The van der Waals surface area contributed by atoms with Crippen LogP contribution in [0, 0.1) is 23.7 Å². The summed E-state index contributed by atoms with van der Waals surface area (Å²) in [5.41, 5.74) is 0.471. The van der Waals surface area contributed by atoms with Gasteiger partial charge in [0.05, 0.1) is 11.8 Å². The highest BCUT2D eigenvalue weighted by molar-refractivity contribution is 9.12. The molecule has 2 bridgehead atoms. The molecule has 2 aromatic rings. The van der Waals surface area contributed by atoms with E-state index in [1.54, 1.807) is 24.3 Å². The average molecular weight is 692 g/mol. The van der Waals surface area contributed by atoms with Gasteiger partial charge in [0, 0.05) is 36.7 Å². The molecule has 1 aliphatic heterocycles. The zero-order valence-corrected chi connectivity index (χ0v) is 24.6. The molecule has 0 unspecified atom stereocenters. The summed E-state index contributed by atoms with van der Waals surface area (Å²) in [5, 5.41) is 2.81. The summed E-state index contributed by atoms with van der Waals surface area (Å²) in [4.78, 5) is 55.5. The highest BCUT2D eigenvalue weighted by atomic mass is 79.9. The van der Waals surface area contributed by atoms with E-state index < -0.39 is 41.4 Å². The van der Waals surface area contributed by atoms with Gasteiger partial charge in [0.1, 0.15) is 6.04 Å². The summed E-state index contributed by atoms with van der Waals surface area (Å²) in [6, 6.07) is 11.1. The minimum absolute atomic E-state index is 0.0235. The fraction of sp³-hybridized carbons (Fsp3) is 0.385. The third-order valence-electron chi connectivity index (χ3n) is 7.59. The summed E-state index contributed by atoms with van der Waals surface area (Å²) >= 11 is 25.5. The molecule has 1 heterocycles. The van der Waals surface area contributed by atoms with Crippen molar-refractivity contribution >= 4 is 90.2 Å². The molecule has 2 aromatic carbocycles. The van der Waals surface area contributed by atoms with Crippen molar-refractivity contribution in [3.8, 4) is 0 Å². The van der Waals surface area contributed by atoms with E-state index >= 15 is 0 Å². The molecule has 6 nitrogen and oxygen atoms in total. The molecule has 0 radical (unpaired) electrons. The van der Waals surface area contributed by atoms with Gasteiger partial charge in [0.25, 0.3) is 17.7 Å². The van der Waals surface area contributed by atoms with Gasteiger partial charge in [-0.2, -0.15) is 5.01 Å². The molecule has 5 rings (SSSR count). The molecule has 37 heavy (non-hydrogen) atoms. The molecule has 3 fully saturated rings. The number of nitrogens with zero attached hydrogens (tertiary/aromatic N) is 2. The van der Waals surface area contributed by atoms with Gasteiger partial charge in [-0.15, -0.1) is 11.6 Å². The lowest BCUT2D eigenvalue weighted by Gasteiger charge is -2.36. The number of hydrogen-bond acceptors (Lipinski definition) is 4. The third-order valence-corrected chi connectivity index (χ3v) is 11.5. The number of rotatable bonds is 7. The van der Waals surface area contributed by atoms with Crippen LogP contribution in [0.15, 0.2) is 48.5 Å². The van der Waals surface area contributed by atoms with Gasteiger partial charge in [-0.1, -0.05) is 55.1 Å². The molecule has 1 saturated heterocycles. The SMILES string of the molecule is O=C(c1ccc(Cl)cc1)[C@H](CCCl)N(C(=O)c1ccc(Cl)cc1)N1C(=O)[C@@H]2[C@H]3C[C@@H]([C@H](Br)[C@H]3Br)[C@H]2C1=O. The van der Waals surface area contributed by atoms with Crippen molar-refractivity contribution in [2.75, 3.05) is 5.88 Å². The van der Waals surface area contributed by atoms with Crippen molar-refractivity contribution < 1.29 is 19.2 Å². The summed E-state index contributed by atoms with van der Waals surface area (Å²) < 4.78 is 0. The first kappa shape index (κ1) is 27.1. The third kappa shape index (κ3) is 4.56. The van der Waals surface area contributed by atoms with E-state index in [1.807, 2.05) is 0 Å². The van der Waals surface area contributed by atoms with Gasteiger partial charge in [0.15, 0.2) is 5.78 Å². The highest BCUT2D eigenvalue weighted by Gasteiger charge is 2.68. The predicted molar refractivity (Wildman–Crippen MR) is 148 cm³/mol. The summed E-state index contributed by atoms with van der Waals surface area (Å²) in [6.07, 6.45) is 0.774. The fourth-order valence-electron chi connectivity index (χ4n) is 5.92. The van der Waals surface area contributed by atoms with Crippen molar-refractivity contribution in [2.45, 2.75) is 28.5 Å². The van der Waals surface area contributed by atoms with Crippen LogP contribution in [0.1, 0.15) is 33.6 Å². The zero-order valence-electron chi connectivity index (χ0n) is 19.2. The molecule has 11 heteroatoms. The number of carbonyl (C=O) groups is 4. The Balaban J connectivity index is 1.59. The monoisotopic (exact) mass is 688 g/mol. The first-order valence-electron chi connectivity index (χ1n) is 11.8. The van der Waals surface area contributed by atoms with Crippen LogP contribution in [0.3, 0.4) is 0 Å². The van der Waals surface area contributed by atoms with E-state index in [2.05, 4.69) is 31.9 Å². The first-order valence-corrected chi connectivity index (χ1v) is 14.9. The Kier molecular flexibility index (Phi) is 7.78. The standard InChI is InChI=1S/C26H21Br2Cl3N2O4/c27-21-16-11-17(22(21)28)20-19(16)25(36)33(26(20)37)32(24(35)13-3-7-15(31)8-4-13)18(9-10-29)23(34)12-1-5-14(30)6-2-12/h1-8,16-22H,9-11H2/t16-,17-,18+,19-,20-,21+,22+/m1/s1. The maximum absolute atomic E-state index is 14.0.